The third kappa shape index (κ3) is 4.45. The lowest BCUT2D eigenvalue weighted by Gasteiger charge is -2.44. The van der Waals surface area contributed by atoms with Crippen molar-refractivity contribution in [3.8, 4) is 0 Å². The third-order valence-corrected chi connectivity index (χ3v) is 4.33. The van der Waals surface area contributed by atoms with Crippen LogP contribution in [-0.4, -0.2) is 42.4 Å². The molecule has 4 heteroatoms. The van der Waals surface area contributed by atoms with Crippen LogP contribution in [0.15, 0.2) is 0 Å². The molecule has 1 heterocycles. The van der Waals surface area contributed by atoms with Crippen LogP contribution in [0, 0.1) is 5.92 Å². The number of hydrogen-bond donors (Lipinski definition) is 0. The van der Waals surface area contributed by atoms with Crippen LogP contribution >= 0.6 is 0 Å². The van der Waals surface area contributed by atoms with Gasteiger partial charge < -0.3 is 9.47 Å². The molecule has 1 fully saturated rings. The number of rotatable bonds is 8. The molecule has 2 atom stereocenters. The van der Waals surface area contributed by atoms with Gasteiger partial charge in [0.25, 0.3) is 0 Å². The number of ether oxygens (including phenoxy) is 2. The SMILES string of the molecule is CCCCC(CC)COCN1C(C)COC(=O)C1(C)C. The Balaban J connectivity index is 2.44. The summed E-state index contributed by atoms with van der Waals surface area (Å²) in [4.78, 5) is 13.9. The summed E-state index contributed by atoms with van der Waals surface area (Å²) in [6.07, 6.45) is 4.88. The maximum Gasteiger partial charge on any atom is 0.326 e. The maximum atomic E-state index is 11.8. The average molecular weight is 285 g/mol. The zero-order chi connectivity index (χ0) is 15.2. The van der Waals surface area contributed by atoms with Crippen LogP contribution in [-0.2, 0) is 14.3 Å². The lowest BCUT2D eigenvalue weighted by atomic mass is 9.99. The molecule has 0 N–H and O–H groups in total. The minimum atomic E-state index is -0.594. The van der Waals surface area contributed by atoms with Crippen molar-refractivity contribution < 1.29 is 14.3 Å². The van der Waals surface area contributed by atoms with E-state index in [0.29, 0.717) is 19.3 Å². The Morgan fingerprint density at radius 3 is 2.75 bits per heavy atom. The number of carbonyl (C=O) groups excluding carboxylic acids is 1. The topological polar surface area (TPSA) is 38.8 Å². The number of morpholine rings is 1. The third-order valence-electron chi connectivity index (χ3n) is 4.33. The van der Waals surface area contributed by atoms with Gasteiger partial charge in [-0.3, -0.25) is 9.69 Å². The Morgan fingerprint density at radius 2 is 2.15 bits per heavy atom. The van der Waals surface area contributed by atoms with E-state index in [0.717, 1.165) is 13.0 Å². The fourth-order valence-electron chi connectivity index (χ4n) is 2.64. The van der Waals surface area contributed by atoms with Crippen LogP contribution in [0.3, 0.4) is 0 Å². The molecule has 0 saturated carbocycles. The van der Waals surface area contributed by atoms with E-state index >= 15 is 0 Å². The summed E-state index contributed by atoms with van der Waals surface area (Å²) < 4.78 is 11.1. The van der Waals surface area contributed by atoms with Crippen molar-refractivity contribution in [2.24, 2.45) is 5.92 Å². The Bertz CT molecular complexity index is 304. The van der Waals surface area contributed by atoms with Crippen molar-refractivity contribution in [2.45, 2.75) is 71.9 Å². The molecular weight excluding hydrogens is 254 g/mol. The van der Waals surface area contributed by atoms with Crippen molar-refractivity contribution in [1.82, 2.24) is 4.90 Å². The predicted octanol–water partition coefficient (Wildman–Crippen LogP) is 3.20. The molecule has 0 bridgehead atoms. The van der Waals surface area contributed by atoms with Gasteiger partial charge in [0.05, 0.1) is 6.61 Å². The number of unbranched alkanes of at least 4 members (excludes halogenated alkanes) is 1. The van der Waals surface area contributed by atoms with Crippen molar-refractivity contribution in [3.05, 3.63) is 0 Å². The molecule has 0 aromatic carbocycles. The van der Waals surface area contributed by atoms with Crippen LogP contribution < -0.4 is 0 Å². The minimum absolute atomic E-state index is 0.155. The van der Waals surface area contributed by atoms with Gasteiger partial charge in [-0.1, -0.05) is 33.1 Å². The molecule has 118 valence electrons. The summed E-state index contributed by atoms with van der Waals surface area (Å²) in [5.41, 5.74) is -0.594. The first-order valence-corrected chi connectivity index (χ1v) is 7.95. The highest BCUT2D eigenvalue weighted by molar-refractivity contribution is 5.80. The zero-order valence-corrected chi connectivity index (χ0v) is 13.8. The molecule has 4 nitrogen and oxygen atoms in total. The Morgan fingerprint density at radius 1 is 1.45 bits per heavy atom. The number of carbonyl (C=O) groups is 1. The smallest absolute Gasteiger partial charge is 0.326 e. The van der Waals surface area contributed by atoms with Crippen LogP contribution in [0.5, 0.6) is 0 Å². The molecule has 0 aliphatic carbocycles. The van der Waals surface area contributed by atoms with Crippen LogP contribution in [0.25, 0.3) is 0 Å². The molecule has 1 rings (SSSR count). The van der Waals surface area contributed by atoms with Gasteiger partial charge in [-0.25, -0.2) is 0 Å². The Hall–Kier alpha value is -0.610. The molecule has 20 heavy (non-hydrogen) atoms. The Labute approximate surface area is 123 Å². The number of nitrogens with zero attached hydrogens (tertiary/aromatic N) is 1. The second-order valence-electron chi connectivity index (χ2n) is 6.39. The van der Waals surface area contributed by atoms with Crippen LogP contribution in [0.2, 0.25) is 0 Å². The largest absolute Gasteiger partial charge is 0.463 e. The van der Waals surface area contributed by atoms with Gasteiger partial charge in [0, 0.05) is 6.04 Å². The fourth-order valence-corrected chi connectivity index (χ4v) is 2.64. The molecule has 1 saturated heterocycles. The van der Waals surface area contributed by atoms with E-state index in [4.69, 9.17) is 9.47 Å². The second-order valence-corrected chi connectivity index (χ2v) is 6.39. The van der Waals surface area contributed by atoms with E-state index in [1.54, 1.807) is 0 Å². The number of esters is 1. The first-order valence-electron chi connectivity index (χ1n) is 7.95. The van der Waals surface area contributed by atoms with E-state index in [2.05, 4.69) is 25.7 Å². The molecule has 0 aromatic rings. The fraction of sp³-hybridized carbons (Fsp3) is 0.938. The molecular formula is C16H31NO3. The summed E-state index contributed by atoms with van der Waals surface area (Å²) in [6.45, 7) is 12.1. The number of hydrogen-bond acceptors (Lipinski definition) is 4. The summed E-state index contributed by atoms with van der Waals surface area (Å²) in [5, 5.41) is 0. The second kappa shape index (κ2) is 7.99. The van der Waals surface area contributed by atoms with E-state index in [-0.39, 0.29) is 12.0 Å². The average Bonchev–Trinajstić information content (AvgIpc) is 2.42. The summed E-state index contributed by atoms with van der Waals surface area (Å²) in [7, 11) is 0. The molecule has 0 radical (unpaired) electrons. The van der Waals surface area contributed by atoms with Crippen molar-refractivity contribution in [3.63, 3.8) is 0 Å². The molecule has 2 unspecified atom stereocenters. The highest BCUT2D eigenvalue weighted by atomic mass is 16.5. The summed E-state index contributed by atoms with van der Waals surface area (Å²) in [6, 6.07) is 0.207. The summed E-state index contributed by atoms with van der Waals surface area (Å²) >= 11 is 0. The minimum Gasteiger partial charge on any atom is -0.463 e. The van der Waals surface area contributed by atoms with Gasteiger partial charge in [-0.2, -0.15) is 0 Å². The molecule has 1 aliphatic heterocycles. The highest BCUT2D eigenvalue weighted by Gasteiger charge is 2.43. The van der Waals surface area contributed by atoms with Gasteiger partial charge in [-0.05, 0) is 33.1 Å². The maximum absolute atomic E-state index is 11.8. The lowest BCUT2D eigenvalue weighted by Crippen LogP contribution is -2.60. The first-order chi connectivity index (χ1) is 9.43. The van der Waals surface area contributed by atoms with Gasteiger partial charge in [0.15, 0.2) is 0 Å². The molecule has 0 amide bonds. The van der Waals surface area contributed by atoms with E-state index in [1.165, 1.54) is 19.3 Å². The van der Waals surface area contributed by atoms with Crippen molar-refractivity contribution in [2.75, 3.05) is 19.9 Å². The van der Waals surface area contributed by atoms with Crippen molar-refractivity contribution in [1.29, 1.82) is 0 Å². The van der Waals surface area contributed by atoms with Gasteiger partial charge in [-0.15, -0.1) is 0 Å². The van der Waals surface area contributed by atoms with Gasteiger partial charge in [0.1, 0.15) is 18.9 Å². The van der Waals surface area contributed by atoms with E-state index < -0.39 is 5.54 Å². The molecule has 1 aliphatic rings. The van der Waals surface area contributed by atoms with Crippen molar-refractivity contribution >= 4 is 5.97 Å². The predicted molar refractivity (Wildman–Crippen MR) is 80.5 cm³/mol. The van der Waals surface area contributed by atoms with E-state index in [1.807, 2.05) is 13.8 Å². The van der Waals surface area contributed by atoms with E-state index in [9.17, 15) is 4.79 Å². The Kier molecular flexibility index (Phi) is 6.96. The van der Waals surface area contributed by atoms with Crippen LogP contribution in [0.1, 0.15) is 60.3 Å². The quantitative estimate of drug-likeness (QED) is 0.642. The highest BCUT2D eigenvalue weighted by Crippen LogP contribution is 2.24. The number of cyclic esters (lactones) is 1. The zero-order valence-electron chi connectivity index (χ0n) is 13.8. The summed E-state index contributed by atoms with van der Waals surface area (Å²) in [5.74, 6) is 0.474. The van der Waals surface area contributed by atoms with Crippen LogP contribution in [0.4, 0.5) is 0 Å². The lowest BCUT2D eigenvalue weighted by molar-refractivity contribution is -0.180. The van der Waals surface area contributed by atoms with Gasteiger partial charge in [0.2, 0.25) is 0 Å². The molecule has 0 aromatic heterocycles. The molecule has 0 spiro atoms. The standard InChI is InChI=1S/C16H31NO3/c1-6-8-9-14(7-2)11-19-12-17-13(3)10-20-15(18)16(17,4)5/h13-14H,6-12H2,1-5H3. The first kappa shape index (κ1) is 17.4. The van der Waals surface area contributed by atoms with Gasteiger partial charge >= 0.3 is 5.97 Å². The monoisotopic (exact) mass is 285 g/mol. The normalized spacial score (nSPS) is 24.4.